The second-order valence-electron chi connectivity index (χ2n) is 3.79. The van der Waals surface area contributed by atoms with E-state index in [1.807, 2.05) is 0 Å². The van der Waals surface area contributed by atoms with Crippen LogP contribution in [0.2, 0.25) is 5.02 Å². The van der Waals surface area contributed by atoms with Gasteiger partial charge < -0.3 is 16.2 Å². The Labute approximate surface area is 113 Å². The van der Waals surface area contributed by atoms with E-state index in [0.29, 0.717) is 10.8 Å². The van der Waals surface area contributed by atoms with Crippen LogP contribution < -0.4 is 16.2 Å². The van der Waals surface area contributed by atoms with E-state index in [1.165, 1.54) is 6.07 Å². The fourth-order valence-electron chi connectivity index (χ4n) is 1.52. The van der Waals surface area contributed by atoms with Gasteiger partial charge in [-0.25, -0.2) is 4.39 Å². The lowest BCUT2D eigenvalue weighted by Crippen LogP contribution is -2.14. The summed E-state index contributed by atoms with van der Waals surface area (Å²) < 4.78 is 19.0. The number of nitrogens with two attached hydrogens (primary N) is 2. The topological polar surface area (TPSA) is 78.3 Å². The maximum Gasteiger partial charge on any atom is 0.250 e. The molecule has 0 saturated heterocycles. The summed E-state index contributed by atoms with van der Waals surface area (Å²) in [4.78, 5) is 11.1. The number of carbonyl (C=O) groups is 1. The summed E-state index contributed by atoms with van der Waals surface area (Å²) in [6.07, 6.45) is 0. The number of hydrogen-bond acceptors (Lipinski definition) is 3. The third-order valence-corrected chi connectivity index (χ3v) is 2.63. The first-order chi connectivity index (χ1) is 8.97. The van der Waals surface area contributed by atoms with E-state index < -0.39 is 11.7 Å². The van der Waals surface area contributed by atoms with Crippen LogP contribution in [0.5, 0.6) is 11.5 Å². The molecule has 0 radical (unpaired) electrons. The van der Waals surface area contributed by atoms with E-state index in [4.69, 9.17) is 27.8 Å². The van der Waals surface area contributed by atoms with E-state index in [2.05, 4.69) is 0 Å². The van der Waals surface area contributed by atoms with E-state index in [-0.39, 0.29) is 17.0 Å². The van der Waals surface area contributed by atoms with Crippen LogP contribution in [0.25, 0.3) is 0 Å². The average Bonchev–Trinajstić information content (AvgIpc) is 2.32. The molecule has 0 aliphatic heterocycles. The Morgan fingerprint density at radius 1 is 1.26 bits per heavy atom. The molecule has 0 unspecified atom stereocenters. The van der Waals surface area contributed by atoms with Crippen LogP contribution in [0, 0.1) is 5.82 Å². The molecule has 98 valence electrons. The maximum absolute atomic E-state index is 13.7. The molecule has 6 heteroatoms. The second kappa shape index (κ2) is 5.16. The largest absolute Gasteiger partial charge is 0.454 e. The summed E-state index contributed by atoms with van der Waals surface area (Å²) >= 11 is 5.79. The monoisotopic (exact) mass is 280 g/mol. The molecule has 0 aromatic heterocycles. The fraction of sp³-hybridized carbons (Fsp3) is 0. The SMILES string of the molecule is NC(=O)c1cc(Oc2cccc(Cl)c2)c(F)cc1N. The van der Waals surface area contributed by atoms with Crippen LogP contribution in [0.1, 0.15) is 10.4 Å². The van der Waals surface area contributed by atoms with Crippen molar-refractivity contribution in [2.45, 2.75) is 0 Å². The van der Waals surface area contributed by atoms with Gasteiger partial charge in [0.2, 0.25) is 0 Å². The van der Waals surface area contributed by atoms with Gasteiger partial charge in [-0.1, -0.05) is 17.7 Å². The number of benzene rings is 2. The van der Waals surface area contributed by atoms with Crippen LogP contribution in [-0.2, 0) is 0 Å². The van der Waals surface area contributed by atoms with Gasteiger partial charge in [0.1, 0.15) is 5.75 Å². The van der Waals surface area contributed by atoms with Gasteiger partial charge in [0, 0.05) is 16.8 Å². The first-order valence-corrected chi connectivity index (χ1v) is 5.67. The van der Waals surface area contributed by atoms with Crippen molar-refractivity contribution in [2.24, 2.45) is 5.73 Å². The molecular formula is C13H10ClFN2O2. The Kier molecular flexibility index (Phi) is 3.57. The van der Waals surface area contributed by atoms with Gasteiger partial charge >= 0.3 is 0 Å². The highest BCUT2D eigenvalue weighted by Gasteiger charge is 2.13. The van der Waals surface area contributed by atoms with E-state index >= 15 is 0 Å². The molecule has 0 bridgehead atoms. The summed E-state index contributed by atoms with van der Waals surface area (Å²) in [7, 11) is 0. The number of halogens is 2. The van der Waals surface area contributed by atoms with Gasteiger partial charge in [0.25, 0.3) is 5.91 Å². The van der Waals surface area contributed by atoms with Gasteiger partial charge in [0.05, 0.1) is 5.56 Å². The number of amides is 1. The Balaban J connectivity index is 2.40. The molecule has 0 fully saturated rings. The standard InChI is InChI=1S/C13H10ClFN2O2/c14-7-2-1-3-8(4-7)19-12-5-9(13(17)18)11(16)6-10(12)15/h1-6H,16H2,(H2,17,18). The van der Waals surface area contributed by atoms with Crippen molar-refractivity contribution < 1.29 is 13.9 Å². The lowest BCUT2D eigenvalue weighted by Gasteiger charge is -2.10. The van der Waals surface area contributed by atoms with Crippen molar-refractivity contribution in [1.82, 2.24) is 0 Å². The van der Waals surface area contributed by atoms with Crippen molar-refractivity contribution in [3.05, 3.63) is 52.8 Å². The number of nitrogen functional groups attached to an aromatic ring is 1. The van der Waals surface area contributed by atoms with Crippen LogP contribution in [0.4, 0.5) is 10.1 Å². The third kappa shape index (κ3) is 2.95. The molecule has 1 amide bonds. The van der Waals surface area contributed by atoms with Crippen molar-refractivity contribution >= 4 is 23.2 Å². The minimum atomic E-state index is -0.756. The number of anilines is 1. The Hall–Kier alpha value is -2.27. The highest BCUT2D eigenvalue weighted by Crippen LogP contribution is 2.29. The molecule has 2 rings (SSSR count). The number of primary amides is 1. The van der Waals surface area contributed by atoms with Gasteiger partial charge in [-0.15, -0.1) is 0 Å². The third-order valence-electron chi connectivity index (χ3n) is 2.39. The van der Waals surface area contributed by atoms with Crippen molar-refractivity contribution in [2.75, 3.05) is 5.73 Å². The zero-order valence-corrected chi connectivity index (χ0v) is 10.4. The highest BCUT2D eigenvalue weighted by atomic mass is 35.5. The van der Waals surface area contributed by atoms with Crippen LogP contribution in [0.15, 0.2) is 36.4 Å². The van der Waals surface area contributed by atoms with Crippen LogP contribution in [0.3, 0.4) is 0 Å². The fourth-order valence-corrected chi connectivity index (χ4v) is 1.70. The van der Waals surface area contributed by atoms with Crippen molar-refractivity contribution in [3.8, 4) is 11.5 Å². The van der Waals surface area contributed by atoms with Crippen LogP contribution >= 0.6 is 11.6 Å². The predicted molar refractivity (Wildman–Crippen MR) is 70.9 cm³/mol. The summed E-state index contributed by atoms with van der Waals surface area (Å²) in [6, 6.07) is 8.57. The predicted octanol–water partition coefficient (Wildman–Crippen LogP) is 2.95. The lowest BCUT2D eigenvalue weighted by atomic mass is 10.1. The molecule has 4 N–H and O–H groups in total. The first kappa shape index (κ1) is 13.2. The maximum atomic E-state index is 13.7. The molecule has 0 aliphatic rings. The minimum absolute atomic E-state index is 0.00146. The normalized spacial score (nSPS) is 10.2. The molecule has 4 nitrogen and oxygen atoms in total. The summed E-state index contributed by atoms with van der Waals surface area (Å²) in [5, 5.41) is 0.448. The number of ether oxygens (including phenoxy) is 1. The van der Waals surface area contributed by atoms with E-state index in [1.54, 1.807) is 18.2 Å². The van der Waals surface area contributed by atoms with Gasteiger partial charge in [-0.2, -0.15) is 0 Å². The van der Waals surface area contributed by atoms with Crippen LogP contribution in [-0.4, -0.2) is 5.91 Å². The first-order valence-electron chi connectivity index (χ1n) is 5.29. The molecular weight excluding hydrogens is 271 g/mol. The summed E-state index contributed by atoms with van der Waals surface area (Å²) in [5.41, 5.74) is 10.6. The molecule has 19 heavy (non-hydrogen) atoms. The van der Waals surface area contributed by atoms with Crippen molar-refractivity contribution in [3.63, 3.8) is 0 Å². The van der Waals surface area contributed by atoms with Gasteiger partial charge in [-0.05, 0) is 24.3 Å². The Morgan fingerprint density at radius 3 is 2.63 bits per heavy atom. The molecule has 0 heterocycles. The quantitative estimate of drug-likeness (QED) is 0.849. The average molecular weight is 281 g/mol. The highest BCUT2D eigenvalue weighted by molar-refractivity contribution is 6.30. The lowest BCUT2D eigenvalue weighted by molar-refractivity contribution is 0.100. The zero-order chi connectivity index (χ0) is 14.0. The number of carbonyl (C=O) groups excluding carboxylic acids is 1. The Bertz CT molecular complexity index is 647. The molecule has 0 aliphatic carbocycles. The van der Waals surface area contributed by atoms with E-state index in [0.717, 1.165) is 12.1 Å². The smallest absolute Gasteiger partial charge is 0.250 e. The number of hydrogen-bond donors (Lipinski definition) is 2. The minimum Gasteiger partial charge on any atom is -0.454 e. The van der Waals surface area contributed by atoms with E-state index in [9.17, 15) is 9.18 Å². The Morgan fingerprint density at radius 2 is 2.00 bits per heavy atom. The molecule has 0 atom stereocenters. The second-order valence-corrected chi connectivity index (χ2v) is 4.23. The summed E-state index contributed by atoms with van der Waals surface area (Å²) in [5.74, 6) is -1.26. The molecule has 0 saturated carbocycles. The molecule has 2 aromatic rings. The summed E-state index contributed by atoms with van der Waals surface area (Å²) in [6.45, 7) is 0. The molecule has 2 aromatic carbocycles. The molecule has 0 spiro atoms. The van der Waals surface area contributed by atoms with Gasteiger partial charge in [-0.3, -0.25) is 4.79 Å². The zero-order valence-electron chi connectivity index (χ0n) is 9.69. The van der Waals surface area contributed by atoms with Crippen molar-refractivity contribution in [1.29, 1.82) is 0 Å². The number of rotatable bonds is 3. The van der Waals surface area contributed by atoms with Gasteiger partial charge in [0.15, 0.2) is 11.6 Å².